The van der Waals surface area contributed by atoms with Crippen LogP contribution in [0.5, 0.6) is 0 Å². The molecule has 0 amide bonds. The van der Waals surface area contributed by atoms with E-state index in [1.54, 1.807) is 11.1 Å². The van der Waals surface area contributed by atoms with E-state index < -0.39 is 5.41 Å². The summed E-state index contributed by atoms with van der Waals surface area (Å²) in [6.07, 6.45) is 6.96. The first-order valence-corrected chi connectivity index (χ1v) is 22.4. The average Bonchev–Trinajstić information content (AvgIpc) is 3.89. The van der Waals surface area contributed by atoms with Gasteiger partial charge in [0.05, 0.1) is 16.8 Å². The highest BCUT2D eigenvalue weighted by atomic mass is 15.1. The molecule has 0 atom stereocenters. The van der Waals surface area contributed by atoms with Crippen LogP contribution in [-0.2, 0) is 10.8 Å². The number of nitrogens with zero attached hydrogens (tertiary/aromatic N) is 1. The van der Waals surface area contributed by atoms with Gasteiger partial charge in [0.15, 0.2) is 0 Å². The van der Waals surface area contributed by atoms with Gasteiger partial charge < -0.3 is 4.90 Å². The van der Waals surface area contributed by atoms with Crippen molar-refractivity contribution in [3.63, 3.8) is 0 Å². The van der Waals surface area contributed by atoms with Crippen LogP contribution in [-0.4, -0.2) is 0 Å². The zero-order valence-electron chi connectivity index (χ0n) is 33.7. The van der Waals surface area contributed by atoms with Crippen LogP contribution in [0.4, 0.5) is 17.1 Å². The molecule has 60 heavy (non-hydrogen) atoms. The highest BCUT2D eigenvalue weighted by Gasteiger charge is 2.61. The van der Waals surface area contributed by atoms with Crippen molar-refractivity contribution in [1.82, 2.24) is 0 Å². The molecule has 4 bridgehead atoms. The Balaban J connectivity index is 1.07. The number of anilines is 3. The van der Waals surface area contributed by atoms with Crippen LogP contribution in [0.2, 0.25) is 0 Å². The molecule has 0 radical (unpaired) electrons. The molecule has 1 heteroatoms. The Bertz CT molecular complexity index is 3000. The van der Waals surface area contributed by atoms with Crippen LogP contribution in [0.15, 0.2) is 188 Å². The van der Waals surface area contributed by atoms with Gasteiger partial charge in [-0.25, -0.2) is 0 Å². The van der Waals surface area contributed by atoms with Crippen molar-refractivity contribution in [2.75, 3.05) is 4.90 Å². The fourth-order valence-electron chi connectivity index (χ4n) is 14.5. The molecule has 7 aliphatic rings. The lowest BCUT2D eigenvalue weighted by molar-refractivity contribution is -0.0399. The van der Waals surface area contributed by atoms with Gasteiger partial charge in [-0.3, -0.25) is 0 Å². The Hall–Kier alpha value is -6.44. The summed E-state index contributed by atoms with van der Waals surface area (Å²) in [5.41, 5.74) is 22.8. The molecular formula is C59H45N. The van der Waals surface area contributed by atoms with E-state index in [0.29, 0.717) is 11.8 Å². The van der Waals surface area contributed by atoms with E-state index >= 15 is 0 Å². The first-order valence-electron chi connectivity index (χ1n) is 22.4. The minimum Gasteiger partial charge on any atom is -0.309 e. The maximum Gasteiger partial charge on any atom is 0.0726 e. The lowest BCUT2D eigenvalue weighted by Crippen LogP contribution is -2.55. The summed E-state index contributed by atoms with van der Waals surface area (Å²) in [4.78, 5) is 2.65. The molecule has 0 N–H and O–H groups in total. The lowest BCUT2D eigenvalue weighted by atomic mass is 9.43. The Morgan fingerprint density at radius 1 is 0.350 bits per heavy atom. The molecule has 0 aliphatic heterocycles. The summed E-state index contributed by atoms with van der Waals surface area (Å²) >= 11 is 0. The molecule has 15 rings (SSSR count). The van der Waals surface area contributed by atoms with E-state index in [0.717, 1.165) is 11.8 Å². The van der Waals surface area contributed by atoms with Gasteiger partial charge in [-0.05, 0) is 147 Å². The molecule has 0 unspecified atom stereocenters. The zero-order valence-corrected chi connectivity index (χ0v) is 33.7. The summed E-state index contributed by atoms with van der Waals surface area (Å²) in [6.45, 7) is 0. The van der Waals surface area contributed by atoms with Crippen molar-refractivity contribution in [3.8, 4) is 44.5 Å². The Morgan fingerprint density at radius 3 is 1.50 bits per heavy atom. The smallest absolute Gasteiger partial charge is 0.0726 e. The van der Waals surface area contributed by atoms with Gasteiger partial charge in [0.1, 0.15) is 0 Å². The van der Waals surface area contributed by atoms with Crippen molar-refractivity contribution < 1.29 is 0 Å². The van der Waals surface area contributed by atoms with Crippen molar-refractivity contribution in [1.29, 1.82) is 0 Å². The largest absolute Gasteiger partial charge is 0.309 e. The monoisotopic (exact) mass is 767 g/mol. The molecule has 8 aromatic carbocycles. The molecule has 1 nitrogen and oxygen atoms in total. The van der Waals surface area contributed by atoms with Crippen LogP contribution < -0.4 is 4.90 Å². The number of para-hydroxylation sites is 1. The predicted molar refractivity (Wildman–Crippen MR) is 246 cm³/mol. The van der Waals surface area contributed by atoms with Crippen molar-refractivity contribution in [3.05, 3.63) is 221 Å². The van der Waals surface area contributed by atoms with Gasteiger partial charge in [0, 0.05) is 22.2 Å². The minimum absolute atomic E-state index is 0.0759. The minimum atomic E-state index is -0.413. The van der Waals surface area contributed by atoms with Gasteiger partial charge in [-0.1, -0.05) is 164 Å². The van der Waals surface area contributed by atoms with Crippen LogP contribution in [0.1, 0.15) is 65.5 Å². The molecule has 4 fully saturated rings. The third-order valence-corrected chi connectivity index (χ3v) is 16.3. The molecule has 4 saturated carbocycles. The van der Waals surface area contributed by atoms with E-state index in [1.807, 2.05) is 0 Å². The SMILES string of the molecule is c1ccc(-c2ccccc2N(c2ccc3c(c2)C2(c4ccccc4-3)C3CC4CC(C3)CC2C4)c2cccc3c2-c2ccccc2C32c3ccccc3-c3ccccc32)cc1. The Labute approximate surface area is 353 Å². The van der Waals surface area contributed by atoms with Gasteiger partial charge >= 0.3 is 0 Å². The zero-order chi connectivity index (χ0) is 39.2. The third kappa shape index (κ3) is 4.09. The van der Waals surface area contributed by atoms with Gasteiger partial charge in [-0.15, -0.1) is 0 Å². The molecule has 7 aliphatic carbocycles. The van der Waals surface area contributed by atoms with E-state index in [9.17, 15) is 0 Å². The molecule has 2 spiro atoms. The fraction of sp³-hybridized carbons (Fsp3) is 0.186. The normalized spacial score (nSPS) is 23.5. The summed E-state index contributed by atoms with van der Waals surface area (Å²) < 4.78 is 0. The van der Waals surface area contributed by atoms with Gasteiger partial charge in [0.25, 0.3) is 0 Å². The molecule has 0 heterocycles. The van der Waals surface area contributed by atoms with Crippen LogP contribution in [0.25, 0.3) is 44.5 Å². The molecule has 8 aromatic rings. The fourth-order valence-corrected chi connectivity index (χ4v) is 14.5. The first kappa shape index (κ1) is 33.4. The summed E-state index contributed by atoms with van der Waals surface area (Å²) in [5.74, 6) is 3.20. The average molecular weight is 768 g/mol. The van der Waals surface area contributed by atoms with Gasteiger partial charge in [0.2, 0.25) is 0 Å². The molecule has 0 aromatic heterocycles. The standard InChI is InChI=1S/C59H45N/c1-2-15-39(16-3-1)43-17-8-13-27-55(43)60(42-29-30-47-46-20-4-9-22-49(46)58(54(47)36-42)40-32-37-31-38(34-40)35-41(58)33-37)56-28-14-26-53-57(56)48-21-7-12-25-52(48)59(53)50-23-10-5-18-44(50)45-19-6-11-24-51(45)59/h1-30,36-38,40-41H,31-35H2. The maximum atomic E-state index is 2.68. The number of hydrogen-bond acceptors (Lipinski definition) is 1. The Morgan fingerprint density at radius 2 is 0.833 bits per heavy atom. The van der Waals surface area contributed by atoms with E-state index in [1.165, 1.54) is 116 Å². The number of hydrogen-bond donors (Lipinski definition) is 0. The van der Waals surface area contributed by atoms with Gasteiger partial charge in [-0.2, -0.15) is 0 Å². The summed E-state index contributed by atoms with van der Waals surface area (Å²) in [6, 6.07) is 72.1. The predicted octanol–water partition coefficient (Wildman–Crippen LogP) is 14.9. The van der Waals surface area contributed by atoms with E-state index in [4.69, 9.17) is 0 Å². The first-order chi connectivity index (χ1) is 29.7. The molecule has 0 saturated heterocycles. The second-order valence-electron chi connectivity index (χ2n) is 18.8. The van der Waals surface area contributed by atoms with Crippen molar-refractivity contribution in [2.24, 2.45) is 23.7 Å². The quantitative estimate of drug-likeness (QED) is 0.172. The number of benzene rings is 8. The topological polar surface area (TPSA) is 3.24 Å². The lowest BCUT2D eigenvalue weighted by Gasteiger charge is -2.61. The second kappa shape index (κ2) is 12.1. The third-order valence-electron chi connectivity index (χ3n) is 16.3. The Kier molecular flexibility index (Phi) is 6.72. The van der Waals surface area contributed by atoms with E-state index in [-0.39, 0.29) is 5.41 Å². The highest BCUT2D eigenvalue weighted by Crippen LogP contribution is 2.70. The van der Waals surface area contributed by atoms with Crippen LogP contribution in [0.3, 0.4) is 0 Å². The number of fused-ring (bicyclic) bond motifs is 13. The van der Waals surface area contributed by atoms with Crippen LogP contribution in [0, 0.1) is 23.7 Å². The second-order valence-corrected chi connectivity index (χ2v) is 18.8. The van der Waals surface area contributed by atoms with Crippen LogP contribution >= 0.6 is 0 Å². The highest BCUT2D eigenvalue weighted by molar-refractivity contribution is 6.02. The van der Waals surface area contributed by atoms with E-state index in [2.05, 4.69) is 193 Å². The number of rotatable bonds is 4. The summed E-state index contributed by atoms with van der Waals surface area (Å²) in [5, 5.41) is 0. The molecule has 286 valence electrons. The maximum absolute atomic E-state index is 2.68. The summed E-state index contributed by atoms with van der Waals surface area (Å²) in [7, 11) is 0. The molecular weight excluding hydrogens is 723 g/mol. The van der Waals surface area contributed by atoms with Crippen molar-refractivity contribution >= 4 is 17.1 Å². The van der Waals surface area contributed by atoms with Crippen molar-refractivity contribution in [2.45, 2.75) is 42.9 Å².